The highest BCUT2D eigenvalue weighted by atomic mass is 35.5. The van der Waals surface area contributed by atoms with Gasteiger partial charge in [-0.2, -0.15) is 13.2 Å². The predicted octanol–water partition coefficient (Wildman–Crippen LogP) is 5.56. The van der Waals surface area contributed by atoms with Gasteiger partial charge in [0.1, 0.15) is 0 Å². The minimum Gasteiger partial charge on any atom is -0.369 e. The molecule has 0 spiro atoms. The Bertz CT molecular complexity index is 1400. The molecule has 3 heterocycles. The van der Waals surface area contributed by atoms with Gasteiger partial charge in [0.25, 0.3) is 5.91 Å². The highest BCUT2D eigenvalue weighted by Crippen LogP contribution is 2.38. The van der Waals surface area contributed by atoms with Gasteiger partial charge in [0.05, 0.1) is 5.56 Å². The molecule has 10 heteroatoms. The first kappa shape index (κ1) is 26.9. The molecular weight excluding hydrogens is 527 g/mol. The fourth-order valence-corrected chi connectivity index (χ4v) is 5.16. The molecule has 1 atom stereocenters. The van der Waals surface area contributed by atoms with Gasteiger partial charge in [-0.1, -0.05) is 29.8 Å². The number of pyridine rings is 1. The normalized spacial score (nSPS) is 20.0. The molecule has 1 aromatic heterocycles. The molecule has 0 aliphatic carbocycles. The molecule has 1 amide bonds. The number of benzene rings is 2. The Balaban J connectivity index is 1.36. The largest absolute Gasteiger partial charge is 0.416 e. The molecule has 2 aromatic carbocycles. The molecule has 0 bridgehead atoms. The maximum absolute atomic E-state index is 13.3. The van der Waals surface area contributed by atoms with Crippen molar-refractivity contribution in [3.8, 4) is 0 Å². The van der Waals surface area contributed by atoms with Gasteiger partial charge in [-0.05, 0) is 61.0 Å². The molecule has 1 unspecified atom stereocenters. The van der Waals surface area contributed by atoms with Crippen molar-refractivity contribution >= 4 is 28.9 Å². The fourth-order valence-electron chi connectivity index (χ4n) is 5.03. The van der Waals surface area contributed by atoms with E-state index in [4.69, 9.17) is 16.6 Å². The van der Waals surface area contributed by atoms with Crippen LogP contribution in [0.25, 0.3) is 0 Å². The monoisotopic (exact) mass is 553 g/mol. The van der Waals surface area contributed by atoms with Crippen LogP contribution in [-0.2, 0) is 11.8 Å². The second-order valence-electron chi connectivity index (χ2n) is 9.64. The van der Waals surface area contributed by atoms with E-state index in [0.717, 1.165) is 22.9 Å². The Morgan fingerprint density at radius 1 is 1.03 bits per heavy atom. The Labute approximate surface area is 229 Å². The second-order valence-corrected chi connectivity index (χ2v) is 10.1. The summed E-state index contributed by atoms with van der Waals surface area (Å²) in [5.74, 6) is -0.286. The average Bonchev–Trinajstić information content (AvgIpc) is 3.24. The lowest BCUT2D eigenvalue weighted by molar-refractivity contribution is -0.137. The third-order valence-electron chi connectivity index (χ3n) is 7.00. The van der Waals surface area contributed by atoms with Crippen LogP contribution in [0.2, 0.25) is 5.02 Å². The first-order chi connectivity index (χ1) is 18.6. The topological polar surface area (TPSA) is 60.8 Å². The number of aromatic nitrogens is 1. The van der Waals surface area contributed by atoms with E-state index in [2.05, 4.69) is 15.2 Å². The van der Waals surface area contributed by atoms with E-state index in [0.29, 0.717) is 49.0 Å². The first-order valence-electron chi connectivity index (χ1n) is 12.5. The number of carbonyl (C=O) groups excluding carboxylic acids is 1. The standard InChI is InChI=1S/C29H27ClF3N5O/c1-20-17-24(19-37-13-15-38(16-14-37)26-4-2-3-23(18-26)29(31,32)33)28(35-20,22-5-7-25(30)8-6-22)36-27(39)21-9-11-34-12-10-21/h2-12,17-18H,13-16,19H2,1H3,(H,36,39). The van der Waals surface area contributed by atoms with Crippen LogP contribution >= 0.6 is 11.6 Å². The van der Waals surface area contributed by atoms with Gasteiger partial charge in [0.2, 0.25) is 0 Å². The Morgan fingerprint density at radius 3 is 2.38 bits per heavy atom. The molecular formula is C29H27ClF3N5O. The zero-order chi connectivity index (χ0) is 27.6. The van der Waals surface area contributed by atoms with E-state index in [9.17, 15) is 18.0 Å². The smallest absolute Gasteiger partial charge is 0.369 e. The van der Waals surface area contributed by atoms with Crippen molar-refractivity contribution in [3.05, 3.63) is 106 Å². The lowest BCUT2D eigenvalue weighted by atomic mass is 9.91. The van der Waals surface area contributed by atoms with Crippen LogP contribution in [0.1, 0.15) is 28.4 Å². The number of alkyl halides is 3. The van der Waals surface area contributed by atoms with Crippen LogP contribution in [0.3, 0.4) is 0 Å². The molecule has 6 nitrogen and oxygen atoms in total. The number of carbonyl (C=O) groups is 1. The van der Waals surface area contributed by atoms with Crippen molar-refractivity contribution < 1.29 is 18.0 Å². The van der Waals surface area contributed by atoms with Crippen molar-refractivity contribution in [2.45, 2.75) is 18.8 Å². The maximum Gasteiger partial charge on any atom is 0.416 e. The quantitative estimate of drug-likeness (QED) is 0.434. The van der Waals surface area contributed by atoms with E-state index >= 15 is 0 Å². The summed E-state index contributed by atoms with van der Waals surface area (Å²) in [7, 11) is 0. The number of allylic oxidation sites excluding steroid dienone is 1. The van der Waals surface area contributed by atoms with E-state index in [1.165, 1.54) is 12.1 Å². The van der Waals surface area contributed by atoms with Crippen LogP contribution in [0.5, 0.6) is 0 Å². The Hall–Kier alpha value is -3.69. The van der Waals surface area contributed by atoms with Gasteiger partial charge < -0.3 is 10.2 Å². The summed E-state index contributed by atoms with van der Waals surface area (Å²) in [6.45, 7) is 4.85. The molecule has 0 saturated carbocycles. The Kier molecular flexibility index (Phi) is 7.46. The molecule has 2 aliphatic rings. The van der Waals surface area contributed by atoms with Crippen LogP contribution in [-0.4, -0.2) is 54.2 Å². The van der Waals surface area contributed by atoms with E-state index in [1.807, 2.05) is 30.0 Å². The highest BCUT2D eigenvalue weighted by Gasteiger charge is 2.42. The number of hydrogen-bond donors (Lipinski definition) is 1. The summed E-state index contributed by atoms with van der Waals surface area (Å²) in [5.41, 5.74) is 1.71. The summed E-state index contributed by atoms with van der Waals surface area (Å²) in [6, 6.07) is 16.0. The van der Waals surface area contributed by atoms with Gasteiger partial charge in [0.15, 0.2) is 5.66 Å². The van der Waals surface area contributed by atoms with Crippen molar-refractivity contribution in [3.63, 3.8) is 0 Å². The third kappa shape index (κ3) is 5.84. The van der Waals surface area contributed by atoms with Crippen molar-refractivity contribution in [2.24, 2.45) is 4.99 Å². The number of halogens is 4. The van der Waals surface area contributed by atoms with Gasteiger partial charge in [-0.25, -0.2) is 0 Å². The number of nitrogens with zero attached hydrogens (tertiary/aromatic N) is 4. The van der Waals surface area contributed by atoms with E-state index in [1.54, 1.807) is 42.7 Å². The number of nitrogens with one attached hydrogen (secondary N) is 1. The number of amides is 1. The maximum atomic E-state index is 13.3. The fraction of sp³-hybridized carbons (Fsp3) is 0.276. The van der Waals surface area contributed by atoms with Crippen LogP contribution < -0.4 is 10.2 Å². The molecule has 3 aromatic rings. The minimum atomic E-state index is -4.38. The number of rotatable bonds is 6. The van der Waals surface area contributed by atoms with Gasteiger partial charge in [0, 0.05) is 72.7 Å². The van der Waals surface area contributed by atoms with Gasteiger partial charge in [-0.15, -0.1) is 0 Å². The lowest BCUT2D eigenvalue weighted by Crippen LogP contribution is -2.51. The molecule has 1 saturated heterocycles. The second kappa shape index (κ2) is 10.8. The van der Waals surface area contributed by atoms with Crippen molar-refractivity contribution in [2.75, 3.05) is 37.6 Å². The first-order valence-corrected chi connectivity index (χ1v) is 12.9. The zero-order valence-electron chi connectivity index (χ0n) is 21.3. The molecule has 2 aliphatic heterocycles. The number of hydrogen-bond acceptors (Lipinski definition) is 5. The summed E-state index contributed by atoms with van der Waals surface area (Å²) in [4.78, 5) is 26.4. The van der Waals surface area contributed by atoms with Crippen molar-refractivity contribution in [1.29, 1.82) is 0 Å². The number of aliphatic imine (C=N–C) groups is 1. The Morgan fingerprint density at radius 2 is 1.72 bits per heavy atom. The zero-order valence-corrected chi connectivity index (χ0v) is 22.0. The highest BCUT2D eigenvalue weighted by molar-refractivity contribution is 6.30. The van der Waals surface area contributed by atoms with Crippen molar-refractivity contribution in [1.82, 2.24) is 15.2 Å². The molecule has 0 radical (unpaired) electrons. The molecule has 1 fully saturated rings. The predicted molar refractivity (Wildman–Crippen MR) is 146 cm³/mol. The summed E-state index contributed by atoms with van der Waals surface area (Å²) in [5, 5.41) is 3.73. The third-order valence-corrected chi connectivity index (χ3v) is 7.25. The van der Waals surface area contributed by atoms with Crippen LogP contribution in [0, 0.1) is 0 Å². The summed E-state index contributed by atoms with van der Waals surface area (Å²) >= 11 is 6.16. The van der Waals surface area contributed by atoms with E-state index in [-0.39, 0.29) is 5.91 Å². The summed E-state index contributed by atoms with van der Waals surface area (Å²) < 4.78 is 39.6. The van der Waals surface area contributed by atoms with Crippen LogP contribution in [0.4, 0.5) is 18.9 Å². The number of anilines is 1. The number of piperazine rings is 1. The van der Waals surface area contributed by atoms with Gasteiger partial charge in [-0.3, -0.25) is 19.7 Å². The average molecular weight is 554 g/mol. The lowest BCUT2D eigenvalue weighted by Gasteiger charge is -2.39. The molecule has 5 rings (SSSR count). The molecule has 1 N–H and O–H groups in total. The van der Waals surface area contributed by atoms with Gasteiger partial charge >= 0.3 is 6.18 Å². The molecule has 202 valence electrons. The van der Waals surface area contributed by atoms with Crippen LogP contribution in [0.15, 0.2) is 89.7 Å². The molecule has 39 heavy (non-hydrogen) atoms. The minimum absolute atomic E-state index is 0.286. The summed E-state index contributed by atoms with van der Waals surface area (Å²) in [6.07, 6.45) is 0.734. The SMILES string of the molecule is CC1=NC(NC(=O)c2ccncc2)(c2ccc(Cl)cc2)C(CN2CCN(c3cccc(C(F)(F)F)c3)CC2)=C1. The van der Waals surface area contributed by atoms with E-state index < -0.39 is 17.4 Å².